The van der Waals surface area contributed by atoms with Crippen LogP contribution in [0.2, 0.25) is 0 Å². The molecular formula is C29H30N4O3S. The quantitative estimate of drug-likeness (QED) is 0.318. The second-order valence-electron chi connectivity index (χ2n) is 8.90. The van der Waals surface area contributed by atoms with Gasteiger partial charge in [-0.1, -0.05) is 12.1 Å². The zero-order valence-corrected chi connectivity index (χ0v) is 22.4. The third-order valence-electron chi connectivity index (χ3n) is 6.84. The lowest BCUT2D eigenvalue weighted by molar-refractivity contribution is 0.403. The Balaban J connectivity index is 1.71. The highest BCUT2D eigenvalue weighted by Gasteiger charge is 2.43. The van der Waals surface area contributed by atoms with Crippen LogP contribution in [0.4, 0.5) is 5.69 Å². The van der Waals surface area contributed by atoms with E-state index in [0.29, 0.717) is 10.9 Å². The van der Waals surface area contributed by atoms with E-state index < -0.39 is 0 Å². The largest absolute Gasteiger partial charge is 0.497 e. The molecule has 190 valence electrons. The third kappa shape index (κ3) is 4.38. The number of nitrogens with zero attached hydrogens (tertiary/aromatic N) is 3. The molecule has 0 bridgehead atoms. The van der Waals surface area contributed by atoms with Gasteiger partial charge in [0.25, 0.3) is 0 Å². The van der Waals surface area contributed by atoms with Crippen molar-refractivity contribution >= 4 is 23.0 Å². The van der Waals surface area contributed by atoms with E-state index in [2.05, 4.69) is 45.7 Å². The van der Waals surface area contributed by atoms with E-state index >= 15 is 0 Å². The molecule has 0 spiro atoms. The highest BCUT2D eigenvalue weighted by molar-refractivity contribution is 7.80. The van der Waals surface area contributed by atoms with E-state index in [1.54, 1.807) is 21.3 Å². The van der Waals surface area contributed by atoms with Gasteiger partial charge in [0.05, 0.1) is 44.8 Å². The minimum absolute atomic E-state index is 0.177. The summed E-state index contributed by atoms with van der Waals surface area (Å²) in [5, 5.41) is 4.14. The molecule has 5 rings (SSSR count). The maximum absolute atomic E-state index is 5.94. The molecule has 8 heteroatoms. The summed E-state index contributed by atoms with van der Waals surface area (Å²) in [7, 11) is 5.00. The molecule has 3 heterocycles. The van der Waals surface area contributed by atoms with Gasteiger partial charge in [-0.2, -0.15) is 0 Å². The Hall–Kier alpha value is -4.04. The number of aromatic nitrogens is 2. The minimum Gasteiger partial charge on any atom is -0.497 e. The Labute approximate surface area is 222 Å². The van der Waals surface area contributed by atoms with E-state index in [1.807, 2.05) is 60.8 Å². The van der Waals surface area contributed by atoms with Gasteiger partial charge in [0, 0.05) is 35.4 Å². The molecule has 7 nitrogen and oxygen atoms in total. The summed E-state index contributed by atoms with van der Waals surface area (Å²) >= 11 is 5.94. The molecule has 0 radical (unpaired) electrons. The van der Waals surface area contributed by atoms with Crippen molar-refractivity contribution in [3.8, 4) is 22.9 Å². The number of thiocarbonyl (C=S) groups is 1. The highest BCUT2D eigenvalue weighted by Crippen LogP contribution is 2.47. The van der Waals surface area contributed by atoms with Crippen LogP contribution in [0.25, 0.3) is 5.69 Å². The molecule has 1 N–H and O–H groups in total. The molecule has 2 aromatic heterocycles. The van der Waals surface area contributed by atoms with Gasteiger partial charge in [-0.25, -0.2) is 0 Å². The topological polar surface area (TPSA) is 60.8 Å². The van der Waals surface area contributed by atoms with Crippen molar-refractivity contribution in [1.29, 1.82) is 0 Å². The van der Waals surface area contributed by atoms with Gasteiger partial charge in [0.1, 0.15) is 17.2 Å². The predicted octanol–water partition coefficient (Wildman–Crippen LogP) is 5.69. The first-order valence-corrected chi connectivity index (χ1v) is 12.4. The van der Waals surface area contributed by atoms with E-state index in [9.17, 15) is 0 Å². The number of ether oxygens (including phenoxy) is 3. The summed E-state index contributed by atoms with van der Waals surface area (Å²) < 4.78 is 19.1. The summed E-state index contributed by atoms with van der Waals surface area (Å²) in [4.78, 5) is 6.81. The standard InChI is InChI=1S/C29H30N4O3S/c1-18-15-23(19(2)32(18)20-9-8-10-21(16-20)34-3)28-27(24-11-6-7-14-30-24)31-29(37)33(28)25-17-22(35-4)12-13-26(25)36-5/h6-17,27-28H,1-5H3,(H,31,37). The molecule has 37 heavy (non-hydrogen) atoms. The number of hydrogen-bond donors (Lipinski definition) is 1. The fraction of sp³-hybridized carbons (Fsp3) is 0.241. The second kappa shape index (κ2) is 10.1. The number of nitrogens with one attached hydrogen (secondary N) is 1. The van der Waals surface area contributed by atoms with Crippen LogP contribution >= 0.6 is 12.2 Å². The Morgan fingerprint density at radius 2 is 1.65 bits per heavy atom. The number of pyridine rings is 1. The number of methoxy groups -OCH3 is 3. The molecule has 1 aliphatic heterocycles. The molecule has 0 saturated carbocycles. The van der Waals surface area contributed by atoms with Crippen molar-refractivity contribution in [2.75, 3.05) is 26.2 Å². The van der Waals surface area contributed by atoms with Crippen molar-refractivity contribution in [2.45, 2.75) is 25.9 Å². The first-order chi connectivity index (χ1) is 18.0. The molecule has 1 aliphatic rings. The maximum atomic E-state index is 5.94. The molecule has 2 aromatic carbocycles. The van der Waals surface area contributed by atoms with E-state index in [0.717, 1.165) is 45.5 Å². The van der Waals surface area contributed by atoms with E-state index in [4.69, 9.17) is 26.4 Å². The Morgan fingerprint density at radius 1 is 0.865 bits per heavy atom. The number of anilines is 1. The minimum atomic E-state index is -0.186. The summed E-state index contributed by atoms with van der Waals surface area (Å²) in [6, 6.07) is 21.6. The number of aryl methyl sites for hydroxylation is 1. The molecule has 2 unspecified atom stereocenters. The average Bonchev–Trinajstić information content (AvgIpc) is 3.43. The summed E-state index contributed by atoms with van der Waals surface area (Å²) in [6.07, 6.45) is 1.81. The van der Waals surface area contributed by atoms with Crippen LogP contribution in [0.1, 0.15) is 34.7 Å². The SMILES string of the molecule is COc1cccc(-n2c(C)cc(C3C(c4ccccn4)NC(=S)N3c3cc(OC)ccc3OC)c2C)c1. The monoisotopic (exact) mass is 514 g/mol. The predicted molar refractivity (Wildman–Crippen MR) is 149 cm³/mol. The number of hydrogen-bond acceptors (Lipinski definition) is 5. The highest BCUT2D eigenvalue weighted by atomic mass is 32.1. The van der Waals surface area contributed by atoms with Crippen molar-refractivity contribution in [3.63, 3.8) is 0 Å². The van der Waals surface area contributed by atoms with Gasteiger partial charge in [-0.3, -0.25) is 4.98 Å². The van der Waals surface area contributed by atoms with Crippen molar-refractivity contribution in [3.05, 3.63) is 95.6 Å². The van der Waals surface area contributed by atoms with Crippen LogP contribution in [0.5, 0.6) is 17.2 Å². The zero-order chi connectivity index (χ0) is 26.1. The summed E-state index contributed by atoms with van der Waals surface area (Å²) in [6.45, 7) is 4.25. The van der Waals surface area contributed by atoms with Crippen molar-refractivity contribution in [1.82, 2.24) is 14.9 Å². The summed E-state index contributed by atoms with van der Waals surface area (Å²) in [5.41, 5.74) is 6.12. The van der Waals surface area contributed by atoms with E-state index in [1.165, 1.54) is 0 Å². The molecule has 1 fully saturated rings. The zero-order valence-electron chi connectivity index (χ0n) is 21.6. The number of rotatable bonds is 7. The lowest BCUT2D eigenvalue weighted by Gasteiger charge is -2.29. The lowest BCUT2D eigenvalue weighted by Crippen LogP contribution is -2.30. The fourth-order valence-electron chi connectivity index (χ4n) is 5.15. The van der Waals surface area contributed by atoms with Gasteiger partial charge in [-0.05, 0) is 74.1 Å². The smallest absolute Gasteiger partial charge is 0.174 e. The average molecular weight is 515 g/mol. The lowest BCUT2D eigenvalue weighted by atomic mass is 9.96. The van der Waals surface area contributed by atoms with Gasteiger partial charge in [-0.15, -0.1) is 0 Å². The Morgan fingerprint density at radius 3 is 2.35 bits per heavy atom. The van der Waals surface area contributed by atoms with Crippen LogP contribution in [0.3, 0.4) is 0 Å². The van der Waals surface area contributed by atoms with Crippen molar-refractivity contribution in [2.24, 2.45) is 0 Å². The molecule has 0 amide bonds. The van der Waals surface area contributed by atoms with Crippen molar-refractivity contribution < 1.29 is 14.2 Å². The first kappa shape index (κ1) is 24.6. The van der Waals surface area contributed by atoms with Gasteiger partial charge in [0.15, 0.2) is 5.11 Å². The summed E-state index contributed by atoms with van der Waals surface area (Å²) in [5.74, 6) is 2.24. The van der Waals surface area contributed by atoms with Crippen LogP contribution in [-0.4, -0.2) is 36.0 Å². The maximum Gasteiger partial charge on any atom is 0.174 e. The van der Waals surface area contributed by atoms with Gasteiger partial charge >= 0.3 is 0 Å². The molecule has 4 aromatic rings. The van der Waals surface area contributed by atoms with Crippen LogP contribution < -0.4 is 24.4 Å². The molecular weight excluding hydrogens is 484 g/mol. The number of benzene rings is 2. The van der Waals surface area contributed by atoms with E-state index in [-0.39, 0.29) is 12.1 Å². The molecule has 2 atom stereocenters. The van der Waals surface area contributed by atoms with Crippen LogP contribution in [0.15, 0.2) is 72.9 Å². The molecule has 1 saturated heterocycles. The second-order valence-corrected chi connectivity index (χ2v) is 9.28. The van der Waals surface area contributed by atoms with Gasteiger partial charge < -0.3 is 29.0 Å². The van der Waals surface area contributed by atoms with Gasteiger partial charge in [0.2, 0.25) is 0 Å². The fourth-order valence-corrected chi connectivity index (χ4v) is 5.49. The first-order valence-electron chi connectivity index (χ1n) is 12.0. The Bertz CT molecular complexity index is 1440. The molecule has 0 aliphatic carbocycles. The van der Waals surface area contributed by atoms with Crippen LogP contribution in [0, 0.1) is 13.8 Å². The third-order valence-corrected chi connectivity index (χ3v) is 7.16. The Kier molecular flexibility index (Phi) is 6.76. The normalized spacial score (nSPS) is 17.0. The van der Waals surface area contributed by atoms with Crippen LogP contribution in [-0.2, 0) is 0 Å².